The monoisotopic (exact) mass is 929 g/mol. The van der Waals surface area contributed by atoms with Crippen LogP contribution in [0.2, 0.25) is 0 Å². The highest BCUT2D eigenvalue weighted by molar-refractivity contribution is 5.80. The molecule has 0 radical (unpaired) electrons. The largest absolute Gasteiger partial charge is 0.432 e. The second-order valence-corrected chi connectivity index (χ2v) is 23.1. The van der Waals surface area contributed by atoms with Gasteiger partial charge in [-0.1, -0.05) is 53.2 Å². The van der Waals surface area contributed by atoms with Crippen LogP contribution in [0.15, 0.2) is 11.6 Å². The lowest BCUT2D eigenvalue weighted by atomic mass is 9.33. The summed E-state index contributed by atoms with van der Waals surface area (Å²) in [6, 6.07) is 0. The van der Waals surface area contributed by atoms with Crippen LogP contribution in [0, 0.1) is 50.2 Å². The number of esters is 1. The van der Waals surface area contributed by atoms with Gasteiger partial charge in [-0.3, -0.25) is 4.79 Å². The second-order valence-electron chi connectivity index (χ2n) is 23.1. The predicted molar refractivity (Wildman–Crippen MR) is 226 cm³/mol. The first-order valence-electron chi connectivity index (χ1n) is 23.8. The molecule has 18 nitrogen and oxygen atoms in total. The van der Waals surface area contributed by atoms with Gasteiger partial charge >= 0.3 is 5.97 Å². The van der Waals surface area contributed by atoms with Gasteiger partial charge in [0.1, 0.15) is 54.2 Å². The third-order valence-electron chi connectivity index (χ3n) is 19.0. The van der Waals surface area contributed by atoms with Crippen LogP contribution in [0.3, 0.4) is 0 Å². The van der Waals surface area contributed by atoms with E-state index >= 15 is 4.79 Å². The molecule has 0 aromatic carbocycles. The standard InChI is InChI=1S/C47H76O18/c1-20-29(52)31(54)36(64-39-34(57)32(55)35(21(2)62-39)63-38-33(56)30(53)25(50)18-60-38)40(61-20)65-41(59)47-14-13-42(3,4)15-23(47)22-9-10-27-43(5)16-24(49)37(58)44(6,19-48)26(43)11-12-45(27,7)46(22,8)17-28(47)51/h9,20-21,23-40,48-58H,10-19H2,1-8H3/t20-,21+,23+,24+,25-,26-,27-,28-,29+,30+,31+,32+,33-,34-,35+,36-,37+,38+,39+,40+,43+,44+,45-,46-,47-/m1/s1. The minimum absolute atomic E-state index is 0.0243. The van der Waals surface area contributed by atoms with Gasteiger partial charge in [-0.2, -0.15) is 0 Å². The van der Waals surface area contributed by atoms with E-state index in [-0.39, 0.29) is 43.3 Å². The minimum Gasteiger partial charge on any atom is -0.432 e. The highest BCUT2D eigenvalue weighted by atomic mass is 16.8. The van der Waals surface area contributed by atoms with E-state index in [0.717, 1.165) is 12.0 Å². The molecule has 18 heteroatoms. The van der Waals surface area contributed by atoms with Crippen LogP contribution in [-0.2, 0) is 33.2 Å². The summed E-state index contributed by atoms with van der Waals surface area (Å²) >= 11 is 0. The van der Waals surface area contributed by atoms with Crippen molar-refractivity contribution in [1.29, 1.82) is 0 Å². The van der Waals surface area contributed by atoms with Crippen LogP contribution in [-0.4, -0.2) is 180 Å². The van der Waals surface area contributed by atoms with Crippen LogP contribution in [0.1, 0.15) is 107 Å². The van der Waals surface area contributed by atoms with E-state index in [1.54, 1.807) is 0 Å². The molecular formula is C47H76O18. The number of aliphatic hydroxyl groups is 11. The highest BCUT2D eigenvalue weighted by Crippen LogP contribution is 2.76. The van der Waals surface area contributed by atoms with Crippen LogP contribution < -0.4 is 0 Å². The van der Waals surface area contributed by atoms with Crippen LogP contribution in [0.4, 0.5) is 0 Å². The normalized spacial score (nSPS) is 56.6. The van der Waals surface area contributed by atoms with Gasteiger partial charge < -0.3 is 84.6 Å². The van der Waals surface area contributed by atoms with Crippen molar-refractivity contribution in [2.24, 2.45) is 50.2 Å². The minimum atomic E-state index is -1.87. The molecule has 25 atom stereocenters. The molecule has 8 aliphatic rings. The Kier molecular flexibility index (Phi) is 13.2. The van der Waals surface area contributed by atoms with E-state index in [0.29, 0.717) is 32.1 Å². The number of allylic oxidation sites excluding steroid dienone is 2. The molecule has 372 valence electrons. The van der Waals surface area contributed by atoms with E-state index in [1.807, 2.05) is 6.92 Å². The summed E-state index contributed by atoms with van der Waals surface area (Å²) in [6.07, 6.45) is -18.4. The molecule has 11 N–H and O–H groups in total. The summed E-state index contributed by atoms with van der Waals surface area (Å²) in [6.45, 7) is 15.2. The zero-order valence-electron chi connectivity index (χ0n) is 39.0. The number of fused-ring (bicyclic) bond motifs is 7. The van der Waals surface area contributed by atoms with Crippen molar-refractivity contribution in [3.63, 3.8) is 0 Å². The number of carbonyl (C=O) groups is 1. The molecule has 4 saturated carbocycles. The SMILES string of the molecule is C[C@@H]1O[C@@H](O[C@H]2[C@H](OC(=O)[C@]34CCC(C)(C)C[C@H]3C3=CC[C@@H]5[C@@]6(C)C[C@H](O)[C@H](O)[C@@](C)(CO)[C@@H]6CC[C@@]5(C)[C@]3(C)C[C@H]4O)O[C@H](C)[C@H](O)[C@@H]2O)[C@H](O)[C@H](O)[C@H]1O[C@@H]1OC[C@@H](O)[C@H](O)[C@H]1O. The molecular weight excluding hydrogens is 852 g/mol. The summed E-state index contributed by atoms with van der Waals surface area (Å²) in [5.74, 6) is -1.28. The summed E-state index contributed by atoms with van der Waals surface area (Å²) in [5.41, 5.74) is -2.95. The molecule has 7 fully saturated rings. The van der Waals surface area contributed by atoms with Crippen molar-refractivity contribution in [2.75, 3.05) is 13.2 Å². The first-order valence-corrected chi connectivity index (χ1v) is 23.8. The van der Waals surface area contributed by atoms with Crippen molar-refractivity contribution >= 4 is 5.97 Å². The lowest BCUT2D eigenvalue weighted by molar-refractivity contribution is -0.373. The fourth-order valence-electron chi connectivity index (χ4n) is 14.8. The van der Waals surface area contributed by atoms with Gasteiger partial charge in [0.2, 0.25) is 6.29 Å². The first-order chi connectivity index (χ1) is 30.2. The van der Waals surface area contributed by atoms with Gasteiger partial charge in [0.05, 0.1) is 43.7 Å². The van der Waals surface area contributed by atoms with Gasteiger partial charge in [-0.05, 0) is 105 Å². The van der Waals surface area contributed by atoms with Crippen LogP contribution in [0.25, 0.3) is 0 Å². The quantitative estimate of drug-likeness (QED) is 0.116. The van der Waals surface area contributed by atoms with E-state index in [1.165, 1.54) is 13.8 Å². The number of hydrogen-bond acceptors (Lipinski definition) is 18. The number of ether oxygens (including phenoxy) is 6. The van der Waals surface area contributed by atoms with Crippen molar-refractivity contribution in [3.8, 4) is 0 Å². The maximum absolute atomic E-state index is 15.2. The Balaban J connectivity index is 1.06. The fourth-order valence-corrected chi connectivity index (χ4v) is 14.8. The van der Waals surface area contributed by atoms with Gasteiger partial charge in [-0.25, -0.2) is 0 Å². The molecule has 5 aliphatic carbocycles. The van der Waals surface area contributed by atoms with Crippen LogP contribution in [0.5, 0.6) is 0 Å². The van der Waals surface area contributed by atoms with Crippen molar-refractivity contribution in [2.45, 2.75) is 211 Å². The predicted octanol–water partition coefficient (Wildman–Crippen LogP) is -0.251. The smallest absolute Gasteiger partial charge is 0.317 e. The molecule has 0 bridgehead atoms. The summed E-state index contributed by atoms with van der Waals surface area (Å²) in [5, 5.41) is 121. The molecule has 0 aromatic heterocycles. The van der Waals surface area contributed by atoms with Gasteiger partial charge in [0.25, 0.3) is 0 Å². The summed E-state index contributed by atoms with van der Waals surface area (Å²) in [7, 11) is 0. The molecule has 3 saturated heterocycles. The third-order valence-corrected chi connectivity index (χ3v) is 19.0. The summed E-state index contributed by atoms with van der Waals surface area (Å²) in [4.78, 5) is 15.2. The maximum atomic E-state index is 15.2. The number of hydrogen-bond donors (Lipinski definition) is 11. The molecule has 0 unspecified atom stereocenters. The molecule has 0 amide bonds. The third kappa shape index (κ3) is 7.53. The Morgan fingerprint density at radius 1 is 0.692 bits per heavy atom. The molecule has 0 spiro atoms. The van der Waals surface area contributed by atoms with Gasteiger partial charge in [0, 0.05) is 5.41 Å². The highest BCUT2D eigenvalue weighted by Gasteiger charge is 2.73. The number of carbonyl (C=O) groups excluding carboxylic acids is 1. The Bertz CT molecular complexity index is 1800. The second kappa shape index (κ2) is 17.2. The Morgan fingerprint density at radius 3 is 2.00 bits per heavy atom. The number of rotatable bonds is 7. The first kappa shape index (κ1) is 50.0. The average molecular weight is 929 g/mol. The molecule has 3 aliphatic heterocycles. The lowest BCUT2D eigenvalue weighted by Crippen LogP contribution is -2.70. The average Bonchev–Trinajstić information content (AvgIpc) is 3.23. The fraction of sp³-hybridized carbons (Fsp3) is 0.936. The Hall–Kier alpha value is -1.43. The maximum Gasteiger partial charge on any atom is 0.317 e. The van der Waals surface area contributed by atoms with E-state index in [2.05, 4.69) is 40.7 Å². The van der Waals surface area contributed by atoms with Crippen molar-refractivity contribution in [1.82, 2.24) is 0 Å². The zero-order valence-corrected chi connectivity index (χ0v) is 39.0. The van der Waals surface area contributed by atoms with E-state index in [9.17, 15) is 56.2 Å². The zero-order chi connectivity index (χ0) is 47.7. The molecule has 65 heavy (non-hydrogen) atoms. The lowest BCUT2D eigenvalue weighted by Gasteiger charge is -2.72. The number of aliphatic hydroxyl groups excluding tert-OH is 11. The van der Waals surface area contributed by atoms with E-state index < -0.39 is 143 Å². The van der Waals surface area contributed by atoms with Crippen LogP contribution >= 0.6 is 0 Å². The Morgan fingerprint density at radius 2 is 1.32 bits per heavy atom. The van der Waals surface area contributed by atoms with Gasteiger partial charge in [0.15, 0.2) is 18.7 Å². The van der Waals surface area contributed by atoms with Gasteiger partial charge in [-0.15, -0.1) is 0 Å². The Labute approximate surface area is 380 Å². The topological polar surface area (TPSA) is 295 Å². The van der Waals surface area contributed by atoms with E-state index in [4.69, 9.17) is 28.4 Å². The molecule has 3 heterocycles. The van der Waals surface area contributed by atoms with Crippen molar-refractivity contribution in [3.05, 3.63) is 11.6 Å². The summed E-state index contributed by atoms with van der Waals surface area (Å²) < 4.78 is 35.4. The molecule has 8 rings (SSSR count). The van der Waals surface area contributed by atoms with Crippen molar-refractivity contribution < 1.29 is 89.4 Å². The molecule has 0 aromatic rings.